The van der Waals surface area contributed by atoms with Crippen molar-refractivity contribution in [3.05, 3.63) is 23.8 Å². The van der Waals surface area contributed by atoms with Crippen molar-refractivity contribution in [3.63, 3.8) is 0 Å². The van der Waals surface area contributed by atoms with Crippen molar-refractivity contribution in [1.29, 1.82) is 0 Å². The maximum Gasteiger partial charge on any atom is 0.257 e. The normalized spacial score (nSPS) is 23.7. The molecule has 7 heteroatoms. The lowest BCUT2D eigenvalue weighted by atomic mass is 9.97. The summed E-state index contributed by atoms with van der Waals surface area (Å²) in [5.74, 6) is -1.22. The van der Waals surface area contributed by atoms with E-state index in [0.29, 0.717) is 16.9 Å². The SMILES string of the molecule is CC1(C)C(=O)NC(=O)CN1c1ccc2c(c1)NC(=O)C2O. The number of imide groups is 1. The molecule has 110 valence electrons. The molecule has 2 aliphatic rings. The Morgan fingerprint density at radius 3 is 2.67 bits per heavy atom. The van der Waals surface area contributed by atoms with Gasteiger partial charge in [0.25, 0.3) is 11.8 Å². The number of carbonyl (C=O) groups is 3. The van der Waals surface area contributed by atoms with Crippen LogP contribution < -0.4 is 15.5 Å². The van der Waals surface area contributed by atoms with Crippen molar-refractivity contribution in [2.75, 3.05) is 16.8 Å². The summed E-state index contributed by atoms with van der Waals surface area (Å²) < 4.78 is 0. The minimum absolute atomic E-state index is 0.0496. The van der Waals surface area contributed by atoms with Crippen LogP contribution in [0.3, 0.4) is 0 Å². The zero-order valence-electron chi connectivity index (χ0n) is 11.6. The van der Waals surface area contributed by atoms with Crippen molar-refractivity contribution < 1.29 is 19.5 Å². The van der Waals surface area contributed by atoms with Crippen LogP contribution in [0.25, 0.3) is 0 Å². The van der Waals surface area contributed by atoms with Gasteiger partial charge in [0.05, 0.1) is 6.54 Å². The van der Waals surface area contributed by atoms with Crippen molar-refractivity contribution in [2.24, 2.45) is 0 Å². The van der Waals surface area contributed by atoms with E-state index < -0.39 is 17.6 Å². The van der Waals surface area contributed by atoms with Gasteiger partial charge < -0.3 is 15.3 Å². The quantitative estimate of drug-likeness (QED) is 0.628. The highest BCUT2D eigenvalue weighted by atomic mass is 16.3. The molecule has 0 spiro atoms. The van der Waals surface area contributed by atoms with Gasteiger partial charge >= 0.3 is 0 Å². The van der Waals surface area contributed by atoms with Gasteiger partial charge in [0.15, 0.2) is 6.10 Å². The van der Waals surface area contributed by atoms with Crippen LogP contribution >= 0.6 is 0 Å². The lowest BCUT2D eigenvalue weighted by Crippen LogP contribution is -2.64. The van der Waals surface area contributed by atoms with Crippen LogP contribution in [0.5, 0.6) is 0 Å². The summed E-state index contributed by atoms with van der Waals surface area (Å²) in [6.45, 7) is 3.49. The zero-order chi connectivity index (χ0) is 15.4. The average Bonchev–Trinajstić information content (AvgIpc) is 2.69. The number of hydrogen-bond acceptors (Lipinski definition) is 5. The average molecular weight is 289 g/mol. The van der Waals surface area contributed by atoms with Gasteiger partial charge in [0.1, 0.15) is 5.54 Å². The molecule has 1 atom stereocenters. The van der Waals surface area contributed by atoms with Crippen molar-refractivity contribution in [1.82, 2.24) is 5.32 Å². The highest BCUT2D eigenvalue weighted by Crippen LogP contribution is 2.36. The Balaban J connectivity index is 2.01. The summed E-state index contributed by atoms with van der Waals surface area (Å²) in [5, 5.41) is 14.6. The van der Waals surface area contributed by atoms with E-state index in [0.717, 1.165) is 0 Å². The number of nitrogens with one attached hydrogen (secondary N) is 2. The van der Waals surface area contributed by atoms with E-state index in [9.17, 15) is 19.5 Å². The lowest BCUT2D eigenvalue weighted by Gasteiger charge is -2.41. The zero-order valence-corrected chi connectivity index (χ0v) is 11.6. The number of nitrogens with zero attached hydrogens (tertiary/aromatic N) is 1. The fourth-order valence-corrected chi connectivity index (χ4v) is 2.60. The highest BCUT2D eigenvalue weighted by molar-refractivity contribution is 6.07. The molecule has 0 aromatic heterocycles. The Bertz CT molecular complexity index is 668. The van der Waals surface area contributed by atoms with Crippen LogP contribution in [0.2, 0.25) is 0 Å². The maximum absolute atomic E-state index is 12.0. The number of hydrogen-bond donors (Lipinski definition) is 3. The molecule has 0 aliphatic carbocycles. The molecule has 2 aliphatic heterocycles. The molecule has 0 bridgehead atoms. The highest BCUT2D eigenvalue weighted by Gasteiger charge is 2.41. The lowest BCUT2D eigenvalue weighted by molar-refractivity contribution is -0.135. The van der Waals surface area contributed by atoms with Crippen molar-refractivity contribution in [3.8, 4) is 0 Å². The summed E-state index contributed by atoms with van der Waals surface area (Å²) in [4.78, 5) is 36.7. The number of rotatable bonds is 1. The smallest absolute Gasteiger partial charge is 0.257 e. The third-order valence-electron chi connectivity index (χ3n) is 3.93. The first-order chi connectivity index (χ1) is 9.80. The van der Waals surface area contributed by atoms with E-state index in [-0.39, 0.29) is 18.4 Å². The van der Waals surface area contributed by atoms with Gasteiger partial charge in [-0.2, -0.15) is 0 Å². The number of benzene rings is 1. The molecule has 3 amide bonds. The summed E-state index contributed by atoms with van der Waals surface area (Å²) in [7, 11) is 0. The fourth-order valence-electron chi connectivity index (χ4n) is 2.60. The van der Waals surface area contributed by atoms with E-state index in [4.69, 9.17) is 0 Å². The first-order valence-corrected chi connectivity index (χ1v) is 6.55. The number of carbonyl (C=O) groups excluding carboxylic acids is 3. The van der Waals surface area contributed by atoms with Gasteiger partial charge in [-0.05, 0) is 26.0 Å². The minimum atomic E-state index is -1.17. The third kappa shape index (κ3) is 1.97. The maximum atomic E-state index is 12.0. The molecule has 3 rings (SSSR count). The predicted octanol–water partition coefficient (Wildman–Crippen LogP) is -0.0865. The Morgan fingerprint density at radius 2 is 1.95 bits per heavy atom. The second-order valence-corrected chi connectivity index (χ2v) is 5.69. The molecule has 0 radical (unpaired) electrons. The Hall–Kier alpha value is -2.41. The standard InChI is InChI=1S/C14H15N3O4/c1-14(2)13(21)16-10(18)6-17(14)7-3-4-8-9(5-7)15-12(20)11(8)19/h3-5,11,19H,6H2,1-2H3,(H,15,20)(H,16,18,21). The number of anilines is 2. The van der Waals surface area contributed by atoms with Crippen LogP contribution in [-0.2, 0) is 14.4 Å². The van der Waals surface area contributed by atoms with Gasteiger partial charge in [0, 0.05) is 16.9 Å². The monoisotopic (exact) mass is 289 g/mol. The van der Waals surface area contributed by atoms with Crippen LogP contribution in [0, 0.1) is 0 Å². The van der Waals surface area contributed by atoms with Gasteiger partial charge in [-0.1, -0.05) is 6.07 Å². The van der Waals surface area contributed by atoms with Crippen LogP contribution in [0.15, 0.2) is 18.2 Å². The van der Waals surface area contributed by atoms with E-state index in [1.165, 1.54) is 0 Å². The fraction of sp³-hybridized carbons (Fsp3) is 0.357. The van der Waals surface area contributed by atoms with E-state index in [1.54, 1.807) is 36.9 Å². The molecule has 7 nitrogen and oxygen atoms in total. The molecule has 1 saturated heterocycles. The second-order valence-electron chi connectivity index (χ2n) is 5.69. The predicted molar refractivity (Wildman–Crippen MR) is 74.6 cm³/mol. The Labute approximate surface area is 120 Å². The summed E-state index contributed by atoms with van der Waals surface area (Å²) in [6.07, 6.45) is -1.17. The van der Waals surface area contributed by atoms with E-state index in [1.807, 2.05) is 0 Å². The molecule has 3 N–H and O–H groups in total. The Kier molecular flexibility index (Phi) is 2.77. The second kappa shape index (κ2) is 4.29. The first-order valence-electron chi connectivity index (χ1n) is 6.55. The van der Waals surface area contributed by atoms with Gasteiger partial charge in [-0.25, -0.2) is 0 Å². The number of amides is 3. The minimum Gasteiger partial charge on any atom is -0.378 e. The number of fused-ring (bicyclic) bond motifs is 1. The van der Waals surface area contributed by atoms with Gasteiger partial charge in [0.2, 0.25) is 5.91 Å². The number of aliphatic hydroxyl groups is 1. The topological polar surface area (TPSA) is 98.7 Å². The summed E-state index contributed by atoms with van der Waals surface area (Å²) in [6, 6.07) is 4.98. The number of piperazine rings is 1. The Morgan fingerprint density at radius 1 is 1.24 bits per heavy atom. The van der Waals surface area contributed by atoms with E-state index >= 15 is 0 Å². The molecule has 1 fully saturated rings. The third-order valence-corrected chi connectivity index (χ3v) is 3.93. The van der Waals surface area contributed by atoms with Crippen molar-refractivity contribution >= 4 is 29.1 Å². The molecule has 2 heterocycles. The molecule has 0 saturated carbocycles. The molecule has 1 unspecified atom stereocenters. The van der Waals surface area contributed by atoms with Crippen LogP contribution in [0.1, 0.15) is 25.5 Å². The molecule has 1 aromatic carbocycles. The summed E-state index contributed by atoms with van der Waals surface area (Å²) >= 11 is 0. The van der Waals surface area contributed by atoms with Gasteiger partial charge in [-0.15, -0.1) is 0 Å². The van der Waals surface area contributed by atoms with Crippen molar-refractivity contribution in [2.45, 2.75) is 25.5 Å². The van der Waals surface area contributed by atoms with Gasteiger partial charge in [-0.3, -0.25) is 19.7 Å². The summed E-state index contributed by atoms with van der Waals surface area (Å²) in [5.41, 5.74) is 0.744. The number of aliphatic hydroxyl groups excluding tert-OH is 1. The molecule has 1 aromatic rings. The largest absolute Gasteiger partial charge is 0.378 e. The van der Waals surface area contributed by atoms with E-state index in [2.05, 4.69) is 10.6 Å². The van der Waals surface area contributed by atoms with Crippen LogP contribution in [0.4, 0.5) is 11.4 Å². The first kappa shape index (κ1) is 13.6. The molecular weight excluding hydrogens is 274 g/mol. The molecule has 21 heavy (non-hydrogen) atoms. The van der Waals surface area contributed by atoms with Crippen LogP contribution in [-0.4, -0.2) is 34.9 Å². The molecular formula is C14H15N3O4.